The molecule has 8 nitrogen and oxygen atoms in total. The molecule has 0 radical (unpaired) electrons. The van der Waals surface area contributed by atoms with Crippen molar-refractivity contribution in [3.63, 3.8) is 0 Å². The van der Waals surface area contributed by atoms with E-state index in [1.54, 1.807) is 20.8 Å². The van der Waals surface area contributed by atoms with E-state index in [4.69, 9.17) is 4.74 Å². The lowest BCUT2D eigenvalue weighted by Crippen LogP contribution is -2.52. The van der Waals surface area contributed by atoms with E-state index in [9.17, 15) is 19.5 Å². The number of alkyl carbamates (subject to hydrolysis) is 1. The first-order valence-electron chi connectivity index (χ1n) is 15.3. The molecule has 3 rings (SSSR count). The Morgan fingerprint density at radius 3 is 1.73 bits per heavy atom. The summed E-state index contributed by atoms with van der Waals surface area (Å²) in [6, 6.07) is 27.2. The van der Waals surface area contributed by atoms with Crippen LogP contribution >= 0.6 is 0 Å². The molecule has 44 heavy (non-hydrogen) atoms. The van der Waals surface area contributed by atoms with Gasteiger partial charge >= 0.3 is 6.09 Å². The normalized spacial score (nSPS) is 14.2. The average Bonchev–Trinajstić information content (AvgIpc) is 2.98. The molecule has 3 amide bonds. The highest BCUT2D eigenvalue weighted by molar-refractivity contribution is 5.88. The molecule has 0 fully saturated rings. The topological polar surface area (TPSA) is 117 Å². The summed E-state index contributed by atoms with van der Waals surface area (Å²) in [6.07, 6.45) is -0.963. The van der Waals surface area contributed by atoms with Gasteiger partial charge in [-0.3, -0.25) is 9.59 Å². The minimum atomic E-state index is -1.08. The highest BCUT2D eigenvalue weighted by atomic mass is 16.6. The third-order valence-corrected chi connectivity index (χ3v) is 7.24. The van der Waals surface area contributed by atoms with Crippen LogP contribution in [-0.2, 0) is 33.7 Å². The summed E-state index contributed by atoms with van der Waals surface area (Å²) in [6.45, 7) is 9.44. The lowest BCUT2D eigenvalue weighted by Gasteiger charge is -2.30. The zero-order valence-corrected chi connectivity index (χ0v) is 26.5. The van der Waals surface area contributed by atoms with Crippen LogP contribution in [0.25, 0.3) is 0 Å². The minimum absolute atomic E-state index is 0.0600. The summed E-state index contributed by atoms with van der Waals surface area (Å²) >= 11 is 0. The van der Waals surface area contributed by atoms with Crippen LogP contribution in [-0.4, -0.2) is 46.8 Å². The third-order valence-electron chi connectivity index (χ3n) is 7.24. The molecule has 0 aliphatic heterocycles. The van der Waals surface area contributed by atoms with Crippen molar-refractivity contribution in [2.75, 3.05) is 0 Å². The fraction of sp³-hybridized carbons (Fsp3) is 0.417. The fourth-order valence-electron chi connectivity index (χ4n) is 4.95. The Labute approximate surface area is 261 Å². The summed E-state index contributed by atoms with van der Waals surface area (Å²) in [4.78, 5) is 39.8. The van der Waals surface area contributed by atoms with Gasteiger partial charge in [0.05, 0.1) is 12.1 Å². The molecule has 236 valence electrons. The number of amides is 3. The van der Waals surface area contributed by atoms with Crippen molar-refractivity contribution >= 4 is 17.9 Å². The smallest absolute Gasteiger partial charge is 0.407 e. The Balaban J connectivity index is 1.80. The van der Waals surface area contributed by atoms with Gasteiger partial charge in [0, 0.05) is 12.5 Å². The fourth-order valence-corrected chi connectivity index (χ4v) is 4.95. The SMILES string of the molecule is CC(C)[C@H](NC(=O)[C@H](Cc1ccccc1)C[C@H](O)[C@H](Cc1ccccc1)NC(=O)OC(C)(C)C)C(=O)NCc1ccccc1. The van der Waals surface area contributed by atoms with E-state index in [0.717, 1.165) is 16.7 Å². The second-order valence-corrected chi connectivity index (χ2v) is 12.6. The molecule has 4 N–H and O–H groups in total. The van der Waals surface area contributed by atoms with Crippen LogP contribution in [0, 0.1) is 11.8 Å². The van der Waals surface area contributed by atoms with Gasteiger partial charge in [-0.05, 0) is 62.6 Å². The average molecular weight is 602 g/mol. The zero-order valence-electron chi connectivity index (χ0n) is 26.5. The molecule has 0 bridgehead atoms. The van der Waals surface area contributed by atoms with Crippen LogP contribution in [0.3, 0.4) is 0 Å². The van der Waals surface area contributed by atoms with E-state index < -0.39 is 35.8 Å². The van der Waals surface area contributed by atoms with E-state index in [0.29, 0.717) is 19.4 Å². The quantitative estimate of drug-likeness (QED) is 0.203. The third kappa shape index (κ3) is 11.8. The van der Waals surface area contributed by atoms with Gasteiger partial charge in [0.25, 0.3) is 0 Å². The maximum absolute atomic E-state index is 13.9. The van der Waals surface area contributed by atoms with Crippen LogP contribution in [0.4, 0.5) is 4.79 Å². The Morgan fingerprint density at radius 1 is 0.727 bits per heavy atom. The van der Waals surface area contributed by atoms with Crippen molar-refractivity contribution in [3.05, 3.63) is 108 Å². The first kappa shape index (κ1) is 34.3. The lowest BCUT2D eigenvalue weighted by atomic mass is 9.88. The highest BCUT2D eigenvalue weighted by Gasteiger charge is 2.32. The van der Waals surface area contributed by atoms with Crippen molar-refractivity contribution in [1.82, 2.24) is 16.0 Å². The van der Waals surface area contributed by atoms with Crippen LogP contribution in [0.1, 0.15) is 57.7 Å². The Morgan fingerprint density at radius 2 is 1.23 bits per heavy atom. The maximum atomic E-state index is 13.9. The number of benzene rings is 3. The van der Waals surface area contributed by atoms with Gasteiger partial charge in [0.1, 0.15) is 11.6 Å². The van der Waals surface area contributed by atoms with E-state index in [1.807, 2.05) is 105 Å². The predicted molar refractivity (Wildman–Crippen MR) is 173 cm³/mol. The summed E-state index contributed by atoms with van der Waals surface area (Å²) in [7, 11) is 0. The molecule has 0 aromatic heterocycles. The lowest BCUT2D eigenvalue weighted by molar-refractivity contribution is -0.132. The van der Waals surface area contributed by atoms with Crippen LogP contribution in [0.15, 0.2) is 91.0 Å². The first-order chi connectivity index (χ1) is 20.9. The molecule has 0 unspecified atom stereocenters. The first-order valence-corrected chi connectivity index (χ1v) is 15.3. The summed E-state index contributed by atoms with van der Waals surface area (Å²) in [5.41, 5.74) is 2.09. The second-order valence-electron chi connectivity index (χ2n) is 12.6. The van der Waals surface area contributed by atoms with Crippen molar-refractivity contribution in [1.29, 1.82) is 0 Å². The van der Waals surface area contributed by atoms with Crippen LogP contribution < -0.4 is 16.0 Å². The standard InChI is InChI=1S/C36H47N3O5/c1-25(2)32(34(42)37-24-28-19-13-8-14-20-28)39-33(41)29(21-26-15-9-6-10-16-26)23-31(40)30(22-27-17-11-7-12-18-27)38-35(43)44-36(3,4)5/h6-20,25,29-32,40H,21-24H2,1-5H3,(H,37,42)(H,38,43)(H,39,41)/t29-,30+,31+,32+/m1/s1. The summed E-state index contributed by atoms with van der Waals surface area (Å²) in [5, 5.41) is 20.3. The largest absolute Gasteiger partial charge is 0.444 e. The van der Waals surface area contributed by atoms with Crippen molar-refractivity contribution < 1.29 is 24.2 Å². The van der Waals surface area contributed by atoms with Crippen LogP contribution in [0.2, 0.25) is 0 Å². The Hall–Kier alpha value is -4.17. The highest BCUT2D eigenvalue weighted by Crippen LogP contribution is 2.20. The van der Waals surface area contributed by atoms with Gasteiger partial charge in [-0.15, -0.1) is 0 Å². The molecule has 0 spiro atoms. The Kier molecular flexibility index (Phi) is 13.0. The number of aliphatic hydroxyl groups excluding tert-OH is 1. The van der Waals surface area contributed by atoms with Gasteiger partial charge in [0.2, 0.25) is 11.8 Å². The molecule has 8 heteroatoms. The van der Waals surface area contributed by atoms with Crippen molar-refractivity contribution in [3.8, 4) is 0 Å². The van der Waals surface area contributed by atoms with E-state index >= 15 is 0 Å². The molecule has 0 saturated carbocycles. The maximum Gasteiger partial charge on any atom is 0.407 e. The van der Waals surface area contributed by atoms with Crippen molar-refractivity contribution in [2.45, 2.75) is 84.2 Å². The van der Waals surface area contributed by atoms with E-state index in [2.05, 4.69) is 16.0 Å². The van der Waals surface area contributed by atoms with Gasteiger partial charge in [-0.25, -0.2) is 4.79 Å². The number of hydrogen-bond acceptors (Lipinski definition) is 5. The zero-order chi connectivity index (χ0) is 32.1. The monoisotopic (exact) mass is 601 g/mol. The molecule has 3 aromatic rings. The molecular weight excluding hydrogens is 554 g/mol. The molecule has 4 atom stereocenters. The van der Waals surface area contributed by atoms with Gasteiger partial charge < -0.3 is 25.8 Å². The predicted octanol–water partition coefficient (Wildman–Crippen LogP) is 5.19. The van der Waals surface area contributed by atoms with E-state index in [1.165, 1.54) is 0 Å². The number of hydrogen-bond donors (Lipinski definition) is 4. The molecular formula is C36H47N3O5. The van der Waals surface area contributed by atoms with E-state index in [-0.39, 0.29) is 24.2 Å². The van der Waals surface area contributed by atoms with Gasteiger partial charge in [-0.1, -0.05) is 105 Å². The number of aliphatic hydroxyl groups is 1. The number of carbonyl (C=O) groups excluding carboxylic acids is 3. The Bertz CT molecular complexity index is 1310. The molecule has 0 saturated heterocycles. The summed E-state index contributed by atoms with van der Waals surface area (Å²) < 4.78 is 5.48. The number of rotatable bonds is 14. The van der Waals surface area contributed by atoms with Crippen molar-refractivity contribution in [2.24, 2.45) is 11.8 Å². The molecule has 3 aromatic carbocycles. The second kappa shape index (κ2) is 16.6. The molecule has 0 heterocycles. The van der Waals surface area contributed by atoms with Gasteiger partial charge in [-0.2, -0.15) is 0 Å². The number of nitrogens with one attached hydrogen (secondary N) is 3. The van der Waals surface area contributed by atoms with Crippen LogP contribution in [0.5, 0.6) is 0 Å². The molecule has 0 aliphatic carbocycles. The minimum Gasteiger partial charge on any atom is -0.444 e. The van der Waals surface area contributed by atoms with Gasteiger partial charge in [0.15, 0.2) is 0 Å². The number of ether oxygens (including phenoxy) is 1. The number of carbonyl (C=O) groups is 3. The summed E-state index contributed by atoms with van der Waals surface area (Å²) in [5.74, 6) is -1.45. The molecule has 0 aliphatic rings.